The number of anilines is 1. The Bertz CT molecular complexity index is 1130. The van der Waals surface area contributed by atoms with Crippen molar-refractivity contribution in [3.8, 4) is 0 Å². The second kappa shape index (κ2) is 6.42. The van der Waals surface area contributed by atoms with Crippen LogP contribution in [0.1, 0.15) is 12.5 Å². The molecule has 6 heteroatoms. The van der Waals surface area contributed by atoms with Gasteiger partial charge >= 0.3 is 0 Å². The molecule has 1 aliphatic carbocycles. The minimum absolute atomic E-state index is 0.220. The first-order valence-corrected chi connectivity index (χ1v) is 12.1. The van der Waals surface area contributed by atoms with Crippen molar-refractivity contribution in [1.82, 2.24) is 0 Å². The van der Waals surface area contributed by atoms with E-state index in [1.54, 1.807) is 24.3 Å². The normalized spacial score (nSPS) is 33.4. The number of para-hydroxylation sites is 1. The molecule has 0 N–H and O–H groups in total. The van der Waals surface area contributed by atoms with Crippen LogP contribution in [0.15, 0.2) is 65.2 Å². The highest BCUT2D eigenvalue weighted by Gasteiger charge is 2.66. The van der Waals surface area contributed by atoms with Crippen LogP contribution >= 0.6 is 18.7 Å². The van der Waals surface area contributed by atoms with Gasteiger partial charge in [-0.1, -0.05) is 54.1 Å². The number of halogens is 1. The van der Waals surface area contributed by atoms with Gasteiger partial charge in [0.25, 0.3) is 0 Å². The number of hydrogen-bond donors (Lipinski definition) is 0. The summed E-state index contributed by atoms with van der Waals surface area (Å²) in [7, 11) is -2.95. The molecule has 0 unspecified atom stereocenters. The van der Waals surface area contributed by atoms with E-state index in [1.807, 2.05) is 44.2 Å². The standard InChI is InChI=1S/C23H21ClNO3P/c1-13-8-6-7-11-17(13)29(28)12-16-18-19(21(29)14(2)20(16)24)23(27)25(22(18)26)15-9-4-3-5-10-15/h3-11,16,18-19,21H,12H2,1-2H3/t16-,18-,19-,21-,29+/m0/s1. The van der Waals surface area contributed by atoms with Gasteiger partial charge in [-0.25, -0.2) is 0 Å². The molecule has 0 aromatic heterocycles. The third-order valence-corrected chi connectivity index (χ3v) is 11.2. The Morgan fingerprint density at radius 1 is 0.931 bits per heavy atom. The lowest BCUT2D eigenvalue weighted by molar-refractivity contribution is -0.122. The van der Waals surface area contributed by atoms with E-state index in [9.17, 15) is 14.2 Å². The SMILES string of the molecule is CC1=C(Cl)[C@H]2C[P@@](=O)(c3ccccc3C)[C@@H]1[C@H]1C(=O)N(c3ccccc3)C(=O)[C@H]12. The summed E-state index contributed by atoms with van der Waals surface area (Å²) < 4.78 is 14.5. The number of fused-ring (bicyclic) bond motifs is 1. The Morgan fingerprint density at radius 3 is 2.24 bits per heavy atom. The molecule has 3 heterocycles. The van der Waals surface area contributed by atoms with E-state index in [1.165, 1.54) is 4.90 Å². The topological polar surface area (TPSA) is 54.5 Å². The number of hydrogen-bond acceptors (Lipinski definition) is 3. The number of aryl methyl sites for hydroxylation is 1. The van der Waals surface area contributed by atoms with Crippen LogP contribution in [0, 0.1) is 24.7 Å². The van der Waals surface area contributed by atoms with E-state index in [4.69, 9.17) is 11.6 Å². The summed E-state index contributed by atoms with van der Waals surface area (Å²) in [5.41, 5.74) is 1.82. The average Bonchev–Trinajstić information content (AvgIpc) is 2.97. The molecular formula is C23H21ClNO3P. The highest BCUT2D eigenvalue weighted by atomic mass is 35.5. The first kappa shape index (κ1) is 18.8. The molecule has 5 atom stereocenters. The molecule has 2 aromatic rings. The maximum absolute atomic E-state index is 14.5. The first-order chi connectivity index (χ1) is 13.9. The van der Waals surface area contributed by atoms with Crippen LogP contribution in [0.25, 0.3) is 0 Å². The molecule has 2 saturated heterocycles. The van der Waals surface area contributed by atoms with Gasteiger partial charge in [0.15, 0.2) is 0 Å². The van der Waals surface area contributed by atoms with Crippen LogP contribution < -0.4 is 10.2 Å². The van der Waals surface area contributed by atoms with Gasteiger partial charge in [0, 0.05) is 22.4 Å². The molecule has 4 aliphatic rings. The van der Waals surface area contributed by atoms with E-state index >= 15 is 0 Å². The van der Waals surface area contributed by atoms with Gasteiger partial charge in [-0.2, -0.15) is 0 Å². The lowest BCUT2D eigenvalue weighted by Gasteiger charge is -2.48. The molecule has 148 valence electrons. The number of imide groups is 1. The van der Waals surface area contributed by atoms with Crippen LogP contribution in [0.3, 0.4) is 0 Å². The third-order valence-electron chi connectivity index (χ3n) is 6.77. The lowest BCUT2D eigenvalue weighted by Crippen LogP contribution is -2.49. The van der Waals surface area contributed by atoms with E-state index < -0.39 is 24.6 Å². The van der Waals surface area contributed by atoms with Gasteiger partial charge in [0.05, 0.1) is 23.2 Å². The summed E-state index contributed by atoms with van der Waals surface area (Å²) in [6, 6.07) is 16.7. The number of allylic oxidation sites excluding steroid dienone is 2. The predicted molar refractivity (Wildman–Crippen MR) is 115 cm³/mol. The second-order valence-corrected chi connectivity index (χ2v) is 11.6. The fraction of sp³-hybridized carbons (Fsp3) is 0.304. The highest BCUT2D eigenvalue weighted by Crippen LogP contribution is 2.69. The van der Waals surface area contributed by atoms with Crippen molar-refractivity contribution in [3.05, 3.63) is 70.8 Å². The van der Waals surface area contributed by atoms with Crippen LogP contribution in [0.2, 0.25) is 0 Å². The van der Waals surface area contributed by atoms with Crippen molar-refractivity contribution >= 4 is 41.5 Å². The van der Waals surface area contributed by atoms with Crippen LogP contribution in [-0.4, -0.2) is 23.6 Å². The minimum atomic E-state index is -2.95. The van der Waals surface area contributed by atoms with Gasteiger partial charge in [-0.15, -0.1) is 0 Å². The molecule has 2 aromatic carbocycles. The van der Waals surface area contributed by atoms with E-state index in [0.717, 1.165) is 16.4 Å². The molecular weight excluding hydrogens is 405 g/mol. The van der Waals surface area contributed by atoms with E-state index in [2.05, 4.69) is 0 Å². The molecule has 3 aliphatic heterocycles. The predicted octanol–water partition coefficient (Wildman–Crippen LogP) is 4.31. The number of carbonyl (C=O) groups excluding carboxylic acids is 2. The quantitative estimate of drug-likeness (QED) is 0.532. The maximum atomic E-state index is 14.5. The molecule has 2 fully saturated rings. The zero-order valence-electron chi connectivity index (χ0n) is 16.2. The van der Waals surface area contributed by atoms with Crippen LogP contribution in [0.5, 0.6) is 0 Å². The zero-order chi connectivity index (χ0) is 20.5. The van der Waals surface area contributed by atoms with Crippen molar-refractivity contribution in [2.75, 3.05) is 11.1 Å². The van der Waals surface area contributed by atoms with Crippen LogP contribution in [-0.2, 0) is 14.2 Å². The molecule has 2 amide bonds. The summed E-state index contributed by atoms with van der Waals surface area (Å²) in [5, 5.41) is 1.43. The molecule has 4 nitrogen and oxygen atoms in total. The lowest BCUT2D eigenvalue weighted by atomic mass is 9.74. The van der Waals surface area contributed by atoms with Gasteiger partial charge in [0.1, 0.15) is 7.14 Å². The number of rotatable bonds is 2. The van der Waals surface area contributed by atoms with Crippen molar-refractivity contribution in [2.45, 2.75) is 19.5 Å². The van der Waals surface area contributed by atoms with Gasteiger partial charge < -0.3 is 4.57 Å². The average molecular weight is 426 g/mol. The summed E-state index contributed by atoms with van der Waals surface area (Å²) in [6.45, 7) is 3.83. The molecule has 0 saturated carbocycles. The zero-order valence-corrected chi connectivity index (χ0v) is 17.9. The van der Waals surface area contributed by atoms with E-state index in [-0.39, 0.29) is 17.7 Å². The number of amides is 2. The molecule has 0 spiro atoms. The summed E-state index contributed by atoms with van der Waals surface area (Å²) in [5.74, 6) is -1.99. The fourth-order valence-electron chi connectivity index (χ4n) is 5.57. The Hall–Kier alpha value is -2.16. The van der Waals surface area contributed by atoms with Gasteiger partial charge in [-0.3, -0.25) is 14.5 Å². The Morgan fingerprint density at radius 2 is 1.55 bits per heavy atom. The minimum Gasteiger partial charge on any atom is -0.318 e. The first-order valence-electron chi connectivity index (χ1n) is 9.80. The maximum Gasteiger partial charge on any atom is 0.238 e. The number of nitrogens with zero attached hydrogens (tertiary/aromatic N) is 1. The van der Waals surface area contributed by atoms with Gasteiger partial charge in [-0.05, 0) is 37.1 Å². The molecule has 0 radical (unpaired) electrons. The Kier molecular flexibility index (Phi) is 4.17. The van der Waals surface area contributed by atoms with Crippen LogP contribution in [0.4, 0.5) is 5.69 Å². The second-order valence-electron chi connectivity index (χ2n) is 8.25. The fourth-order valence-corrected chi connectivity index (χ4v) is 10.4. The van der Waals surface area contributed by atoms with Crippen molar-refractivity contribution < 1.29 is 14.2 Å². The molecule has 2 bridgehead atoms. The number of benzene rings is 2. The number of carbonyl (C=O) groups is 2. The molecule has 29 heavy (non-hydrogen) atoms. The van der Waals surface area contributed by atoms with Crippen molar-refractivity contribution in [1.29, 1.82) is 0 Å². The van der Waals surface area contributed by atoms with Crippen molar-refractivity contribution in [2.24, 2.45) is 17.8 Å². The van der Waals surface area contributed by atoms with Gasteiger partial charge in [0.2, 0.25) is 11.8 Å². The van der Waals surface area contributed by atoms with Crippen molar-refractivity contribution in [3.63, 3.8) is 0 Å². The smallest absolute Gasteiger partial charge is 0.238 e. The third kappa shape index (κ3) is 2.42. The Balaban J connectivity index is 1.68. The largest absolute Gasteiger partial charge is 0.318 e. The monoisotopic (exact) mass is 425 g/mol. The summed E-state index contributed by atoms with van der Waals surface area (Å²) in [4.78, 5) is 28.1. The van der Waals surface area contributed by atoms with E-state index in [0.29, 0.717) is 16.9 Å². The summed E-state index contributed by atoms with van der Waals surface area (Å²) >= 11 is 6.67. The highest BCUT2D eigenvalue weighted by molar-refractivity contribution is 7.72. The Labute approximate surface area is 174 Å². The summed E-state index contributed by atoms with van der Waals surface area (Å²) in [6.07, 6.45) is 0.349. The molecule has 6 rings (SSSR count).